The highest BCUT2D eigenvalue weighted by Crippen LogP contribution is 2.21. The Kier molecular flexibility index (Phi) is 3.38. The number of fused-ring (bicyclic) bond motifs is 1. The van der Waals surface area contributed by atoms with Crippen molar-refractivity contribution in [2.24, 2.45) is 0 Å². The molecule has 1 aliphatic rings. The molecule has 1 aliphatic heterocycles. The van der Waals surface area contributed by atoms with Crippen molar-refractivity contribution in [3.8, 4) is 0 Å². The molecule has 0 unspecified atom stereocenters. The Morgan fingerprint density at radius 1 is 1.16 bits per heavy atom. The first kappa shape index (κ1) is 12.4. The Hall–Kier alpha value is -1.61. The molecule has 1 aromatic heterocycles. The van der Waals surface area contributed by atoms with E-state index in [0.717, 1.165) is 36.1 Å². The van der Waals surface area contributed by atoms with Crippen LogP contribution in [0, 0.1) is 6.92 Å². The number of benzene rings is 1. The third kappa shape index (κ3) is 2.71. The van der Waals surface area contributed by atoms with E-state index in [9.17, 15) is 4.79 Å². The maximum atomic E-state index is 11.7. The molecule has 19 heavy (non-hydrogen) atoms. The lowest BCUT2D eigenvalue weighted by Gasteiger charge is -2.26. The summed E-state index contributed by atoms with van der Waals surface area (Å²) in [5, 5.41) is 1.07. The zero-order valence-corrected chi connectivity index (χ0v) is 11.3. The van der Waals surface area contributed by atoms with Gasteiger partial charge in [0.25, 0.3) is 0 Å². The lowest BCUT2D eigenvalue weighted by atomic mass is 10.1. The van der Waals surface area contributed by atoms with Crippen molar-refractivity contribution < 1.29 is 4.42 Å². The summed E-state index contributed by atoms with van der Waals surface area (Å²) in [6.07, 6.45) is 3.85. The molecule has 0 amide bonds. The normalized spacial score (nSPS) is 16.9. The molecule has 2 aromatic rings. The van der Waals surface area contributed by atoms with Crippen LogP contribution in [0.3, 0.4) is 0 Å². The minimum absolute atomic E-state index is 0.245. The van der Waals surface area contributed by atoms with Crippen LogP contribution in [-0.2, 0) is 6.54 Å². The van der Waals surface area contributed by atoms with E-state index in [4.69, 9.17) is 4.42 Å². The van der Waals surface area contributed by atoms with Gasteiger partial charge in [0.15, 0.2) is 0 Å². The standard InChI is InChI=1S/C16H19NO2/c1-12-5-6-14-13(10-16(18)19-15(14)9-12)11-17-7-3-2-4-8-17/h5-6,9-10H,2-4,7-8,11H2,1H3. The van der Waals surface area contributed by atoms with E-state index in [2.05, 4.69) is 17.0 Å². The van der Waals surface area contributed by atoms with Crippen LogP contribution in [0.25, 0.3) is 11.0 Å². The largest absolute Gasteiger partial charge is 0.423 e. The molecule has 100 valence electrons. The summed E-state index contributed by atoms with van der Waals surface area (Å²) in [4.78, 5) is 14.1. The Morgan fingerprint density at radius 3 is 2.74 bits per heavy atom. The molecule has 3 nitrogen and oxygen atoms in total. The lowest BCUT2D eigenvalue weighted by Crippen LogP contribution is -2.29. The van der Waals surface area contributed by atoms with Gasteiger partial charge in [0.2, 0.25) is 0 Å². The number of nitrogens with zero attached hydrogens (tertiary/aromatic N) is 1. The minimum Gasteiger partial charge on any atom is -0.423 e. The predicted octanol–water partition coefficient (Wildman–Crippen LogP) is 3.09. The van der Waals surface area contributed by atoms with Gasteiger partial charge in [-0.3, -0.25) is 4.90 Å². The second-order valence-corrected chi connectivity index (χ2v) is 5.43. The fraction of sp³-hybridized carbons (Fsp3) is 0.438. The van der Waals surface area contributed by atoms with Crippen LogP contribution in [0.2, 0.25) is 0 Å². The summed E-state index contributed by atoms with van der Waals surface area (Å²) in [7, 11) is 0. The van der Waals surface area contributed by atoms with Crippen molar-refractivity contribution in [2.75, 3.05) is 13.1 Å². The number of hydrogen-bond donors (Lipinski definition) is 0. The molecule has 1 fully saturated rings. The van der Waals surface area contributed by atoms with Gasteiger partial charge in [-0.15, -0.1) is 0 Å². The summed E-state index contributed by atoms with van der Waals surface area (Å²) in [5.41, 5.74) is 2.67. The Bertz CT molecular complexity index is 639. The van der Waals surface area contributed by atoms with Crippen molar-refractivity contribution in [3.05, 3.63) is 45.8 Å². The van der Waals surface area contributed by atoms with Crippen molar-refractivity contribution in [1.82, 2.24) is 4.90 Å². The van der Waals surface area contributed by atoms with E-state index < -0.39 is 0 Å². The molecule has 0 spiro atoms. The quantitative estimate of drug-likeness (QED) is 0.775. The summed E-state index contributed by atoms with van der Waals surface area (Å²) in [6.45, 7) is 5.13. The first-order chi connectivity index (χ1) is 9.22. The molecular weight excluding hydrogens is 238 g/mol. The Labute approximate surface area is 112 Å². The average molecular weight is 257 g/mol. The fourth-order valence-corrected chi connectivity index (χ4v) is 2.83. The van der Waals surface area contributed by atoms with Crippen molar-refractivity contribution in [2.45, 2.75) is 32.7 Å². The molecular formula is C16H19NO2. The van der Waals surface area contributed by atoms with Gasteiger partial charge < -0.3 is 4.42 Å². The van der Waals surface area contributed by atoms with Gasteiger partial charge in [0.05, 0.1) is 0 Å². The van der Waals surface area contributed by atoms with Gasteiger partial charge in [0.1, 0.15) is 5.58 Å². The van der Waals surface area contributed by atoms with E-state index in [1.165, 1.54) is 19.3 Å². The molecule has 0 atom stereocenters. The minimum atomic E-state index is -0.245. The maximum absolute atomic E-state index is 11.7. The third-order valence-electron chi connectivity index (χ3n) is 3.83. The number of hydrogen-bond acceptors (Lipinski definition) is 3. The van der Waals surface area contributed by atoms with E-state index in [1.54, 1.807) is 6.07 Å². The highest BCUT2D eigenvalue weighted by molar-refractivity contribution is 5.80. The van der Waals surface area contributed by atoms with E-state index in [-0.39, 0.29) is 5.63 Å². The smallest absolute Gasteiger partial charge is 0.336 e. The van der Waals surface area contributed by atoms with Crippen LogP contribution >= 0.6 is 0 Å². The van der Waals surface area contributed by atoms with E-state index >= 15 is 0 Å². The van der Waals surface area contributed by atoms with Gasteiger partial charge >= 0.3 is 5.63 Å². The molecule has 0 N–H and O–H groups in total. The third-order valence-corrected chi connectivity index (χ3v) is 3.83. The molecule has 2 heterocycles. The summed E-state index contributed by atoms with van der Waals surface area (Å²) >= 11 is 0. The second-order valence-electron chi connectivity index (χ2n) is 5.43. The van der Waals surface area contributed by atoms with Crippen LogP contribution in [-0.4, -0.2) is 18.0 Å². The van der Waals surface area contributed by atoms with Crippen LogP contribution in [0.5, 0.6) is 0 Å². The second kappa shape index (κ2) is 5.17. The Balaban J connectivity index is 1.99. The molecule has 1 saturated heterocycles. The first-order valence-corrected chi connectivity index (χ1v) is 6.98. The summed E-state index contributed by atoms with van der Waals surface area (Å²) < 4.78 is 5.30. The van der Waals surface area contributed by atoms with Crippen molar-refractivity contribution >= 4 is 11.0 Å². The maximum Gasteiger partial charge on any atom is 0.336 e. The molecule has 0 bridgehead atoms. The van der Waals surface area contributed by atoms with Crippen LogP contribution in [0.4, 0.5) is 0 Å². The van der Waals surface area contributed by atoms with Gasteiger partial charge in [-0.2, -0.15) is 0 Å². The zero-order chi connectivity index (χ0) is 13.2. The molecule has 0 aliphatic carbocycles. The highest BCUT2D eigenvalue weighted by Gasteiger charge is 2.13. The van der Waals surface area contributed by atoms with Gasteiger partial charge in [-0.05, 0) is 50.0 Å². The molecule has 0 saturated carbocycles. The Morgan fingerprint density at radius 2 is 1.95 bits per heavy atom. The average Bonchev–Trinajstić information content (AvgIpc) is 2.39. The molecule has 3 rings (SSSR count). The number of aryl methyl sites for hydroxylation is 1. The number of rotatable bonds is 2. The number of likely N-dealkylation sites (tertiary alicyclic amines) is 1. The van der Waals surface area contributed by atoms with E-state index in [0.29, 0.717) is 5.58 Å². The zero-order valence-electron chi connectivity index (χ0n) is 11.3. The first-order valence-electron chi connectivity index (χ1n) is 6.98. The van der Waals surface area contributed by atoms with Crippen LogP contribution in [0.1, 0.15) is 30.4 Å². The van der Waals surface area contributed by atoms with Crippen molar-refractivity contribution in [1.29, 1.82) is 0 Å². The monoisotopic (exact) mass is 257 g/mol. The van der Waals surface area contributed by atoms with Gasteiger partial charge in [-0.1, -0.05) is 18.6 Å². The van der Waals surface area contributed by atoms with Crippen LogP contribution < -0.4 is 5.63 Å². The SMILES string of the molecule is Cc1ccc2c(CN3CCCCC3)cc(=O)oc2c1. The molecule has 0 radical (unpaired) electrons. The topological polar surface area (TPSA) is 33.5 Å². The number of piperidine rings is 1. The lowest BCUT2D eigenvalue weighted by molar-refractivity contribution is 0.221. The van der Waals surface area contributed by atoms with Gasteiger partial charge in [0, 0.05) is 18.0 Å². The fourth-order valence-electron chi connectivity index (χ4n) is 2.83. The predicted molar refractivity (Wildman–Crippen MR) is 76.3 cm³/mol. The van der Waals surface area contributed by atoms with Crippen LogP contribution in [0.15, 0.2) is 33.5 Å². The molecule has 3 heteroatoms. The summed E-state index contributed by atoms with van der Waals surface area (Å²) in [6, 6.07) is 7.72. The van der Waals surface area contributed by atoms with Crippen molar-refractivity contribution in [3.63, 3.8) is 0 Å². The molecule has 1 aromatic carbocycles. The van der Waals surface area contributed by atoms with Gasteiger partial charge in [-0.25, -0.2) is 4.79 Å². The highest BCUT2D eigenvalue weighted by atomic mass is 16.4. The van der Waals surface area contributed by atoms with E-state index in [1.807, 2.05) is 13.0 Å². The summed E-state index contributed by atoms with van der Waals surface area (Å²) in [5.74, 6) is 0.